The van der Waals surface area contributed by atoms with Gasteiger partial charge >= 0.3 is 0 Å². The molecule has 0 radical (unpaired) electrons. The smallest absolute Gasteiger partial charge is 0.150 e. The minimum atomic E-state index is 0.673. The van der Waals surface area contributed by atoms with Crippen molar-refractivity contribution in [2.75, 3.05) is 0 Å². The second-order valence-corrected chi connectivity index (χ2v) is 8.12. The molecule has 29 heavy (non-hydrogen) atoms. The average molecular weight is 392 g/mol. The van der Waals surface area contributed by atoms with E-state index in [1.165, 1.54) is 57.8 Å². The van der Waals surface area contributed by atoms with Crippen LogP contribution in [0.4, 0.5) is 0 Å². The lowest BCUT2D eigenvalue weighted by Crippen LogP contribution is -1.98. The largest absolute Gasteiger partial charge is 0.340 e. The van der Waals surface area contributed by atoms with Gasteiger partial charge in [0.15, 0.2) is 0 Å². The Balaban J connectivity index is 1.63. The van der Waals surface area contributed by atoms with Gasteiger partial charge in [0.1, 0.15) is 12.6 Å². The molecular formula is C26H33NO2. The van der Waals surface area contributed by atoms with Gasteiger partial charge in [-0.1, -0.05) is 64.7 Å². The lowest BCUT2D eigenvalue weighted by atomic mass is 10.1. The summed E-state index contributed by atoms with van der Waals surface area (Å²) in [5.41, 5.74) is 3.63. The Morgan fingerprint density at radius 2 is 1.10 bits per heavy atom. The highest BCUT2D eigenvalue weighted by Crippen LogP contribution is 2.31. The van der Waals surface area contributed by atoms with Crippen molar-refractivity contribution in [1.82, 2.24) is 4.57 Å². The Morgan fingerprint density at radius 3 is 1.55 bits per heavy atom. The molecule has 0 spiro atoms. The summed E-state index contributed by atoms with van der Waals surface area (Å²) < 4.78 is 2.35. The fourth-order valence-electron chi connectivity index (χ4n) is 4.28. The van der Waals surface area contributed by atoms with Crippen molar-refractivity contribution in [3.63, 3.8) is 0 Å². The fourth-order valence-corrected chi connectivity index (χ4v) is 4.28. The predicted octanol–water partition coefficient (Wildman–Crippen LogP) is 7.34. The molecule has 0 aliphatic heterocycles. The molecule has 154 valence electrons. The number of fused-ring (bicyclic) bond motifs is 3. The highest BCUT2D eigenvalue weighted by Gasteiger charge is 2.11. The molecule has 0 aliphatic rings. The molecule has 0 saturated carbocycles. The van der Waals surface area contributed by atoms with Gasteiger partial charge in [-0.05, 0) is 42.8 Å². The number of carbonyl (C=O) groups excluding carboxylic acids is 2. The molecule has 3 rings (SSSR count). The van der Waals surface area contributed by atoms with Gasteiger partial charge in [0.05, 0.1) is 0 Å². The summed E-state index contributed by atoms with van der Waals surface area (Å²) in [7, 11) is 0. The third-order valence-electron chi connectivity index (χ3n) is 5.92. The number of aldehydes is 2. The molecule has 3 heteroatoms. The van der Waals surface area contributed by atoms with E-state index in [2.05, 4.69) is 11.5 Å². The first-order valence-corrected chi connectivity index (χ1v) is 11.2. The van der Waals surface area contributed by atoms with E-state index < -0.39 is 0 Å². The lowest BCUT2D eigenvalue weighted by Gasteiger charge is -2.08. The summed E-state index contributed by atoms with van der Waals surface area (Å²) in [4.78, 5) is 22.4. The maximum Gasteiger partial charge on any atom is 0.150 e. The van der Waals surface area contributed by atoms with Crippen LogP contribution in [0.15, 0.2) is 36.4 Å². The molecule has 0 aliphatic carbocycles. The average Bonchev–Trinajstić information content (AvgIpc) is 3.07. The number of hydrogen-bond acceptors (Lipinski definition) is 2. The van der Waals surface area contributed by atoms with Crippen LogP contribution in [0.2, 0.25) is 0 Å². The Morgan fingerprint density at radius 1 is 0.655 bits per heavy atom. The van der Waals surface area contributed by atoms with Crippen molar-refractivity contribution < 1.29 is 9.59 Å². The summed E-state index contributed by atoms with van der Waals surface area (Å²) in [5.74, 6) is 0. The van der Waals surface area contributed by atoms with Crippen LogP contribution in [0.5, 0.6) is 0 Å². The van der Waals surface area contributed by atoms with E-state index in [-0.39, 0.29) is 0 Å². The number of aryl methyl sites for hydroxylation is 1. The number of nitrogens with zero attached hydrogens (tertiary/aromatic N) is 1. The highest BCUT2D eigenvalue weighted by atomic mass is 16.1. The summed E-state index contributed by atoms with van der Waals surface area (Å²) in [5, 5.41) is 2.11. The van der Waals surface area contributed by atoms with Crippen LogP contribution in [-0.4, -0.2) is 17.1 Å². The van der Waals surface area contributed by atoms with Gasteiger partial charge in [-0.3, -0.25) is 9.59 Å². The van der Waals surface area contributed by atoms with Crippen LogP contribution in [-0.2, 0) is 6.54 Å². The second-order valence-electron chi connectivity index (χ2n) is 8.12. The fraction of sp³-hybridized carbons (Fsp3) is 0.462. The first-order chi connectivity index (χ1) is 14.3. The Hall–Kier alpha value is -2.42. The third kappa shape index (κ3) is 5.35. The number of carbonyl (C=O) groups is 2. The molecule has 0 unspecified atom stereocenters. The number of unbranched alkanes of at least 4 members (excludes halogenated alkanes) is 9. The standard InChI is InChI=1S/C26H33NO2/c1-2-3-4-5-6-7-8-9-10-11-16-27-25-14-12-21(19-28)17-23(25)24-18-22(20-29)13-15-26(24)27/h12-15,17-20H,2-11,16H2,1H3. The zero-order chi connectivity index (χ0) is 20.5. The van der Waals surface area contributed by atoms with E-state index in [1.54, 1.807) is 0 Å². The number of rotatable bonds is 13. The Bertz CT molecular complexity index is 889. The maximum absolute atomic E-state index is 11.2. The SMILES string of the molecule is CCCCCCCCCCCCn1c2ccc(C=O)cc2c2cc(C=O)ccc21. The molecule has 3 aromatic rings. The van der Waals surface area contributed by atoms with Crippen molar-refractivity contribution in [3.8, 4) is 0 Å². The van der Waals surface area contributed by atoms with Crippen molar-refractivity contribution in [2.45, 2.75) is 77.7 Å². The topological polar surface area (TPSA) is 39.1 Å². The first-order valence-electron chi connectivity index (χ1n) is 11.2. The predicted molar refractivity (Wildman–Crippen MR) is 122 cm³/mol. The summed E-state index contributed by atoms with van der Waals surface area (Å²) in [6.45, 7) is 3.23. The molecule has 0 saturated heterocycles. The second kappa shape index (κ2) is 10.9. The monoisotopic (exact) mass is 391 g/mol. The molecule has 0 N–H and O–H groups in total. The minimum absolute atomic E-state index is 0.673. The van der Waals surface area contributed by atoms with Crippen molar-refractivity contribution in [2.24, 2.45) is 0 Å². The van der Waals surface area contributed by atoms with Crippen LogP contribution in [0.3, 0.4) is 0 Å². The lowest BCUT2D eigenvalue weighted by molar-refractivity contribution is 0.111. The van der Waals surface area contributed by atoms with Crippen molar-refractivity contribution >= 4 is 34.4 Å². The van der Waals surface area contributed by atoms with Crippen molar-refractivity contribution in [1.29, 1.82) is 0 Å². The van der Waals surface area contributed by atoms with Crippen LogP contribution < -0.4 is 0 Å². The first kappa shape index (κ1) is 21.3. The zero-order valence-corrected chi connectivity index (χ0v) is 17.7. The van der Waals surface area contributed by atoms with E-state index in [1.807, 2.05) is 36.4 Å². The highest BCUT2D eigenvalue weighted by molar-refractivity contribution is 6.10. The zero-order valence-electron chi connectivity index (χ0n) is 17.7. The minimum Gasteiger partial charge on any atom is -0.340 e. The molecular weight excluding hydrogens is 358 g/mol. The molecule has 0 fully saturated rings. The molecule has 0 amide bonds. The normalized spacial score (nSPS) is 11.3. The molecule has 1 heterocycles. The summed E-state index contributed by atoms with van der Waals surface area (Å²) in [6, 6.07) is 11.7. The van der Waals surface area contributed by atoms with Gasteiger partial charge in [-0.2, -0.15) is 0 Å². The van der Waals surface area contributed by atoms with Gasteiger partial charge in [0.25, 0.3) is 0 Å². The molecule has 3 nitrogen and oxygen atoms in total. The van der Waals surface area contributed by atoms with Gasteiger partial charge in [0.2, 0.25) is 0 Å². The van der Waals surface area contributed by atoms with E-state index in [0.29, 0.717) is 11.1 Å². The quantitative estimate of drug-likeness (QED) is 0.226. The van der Waals surface area contributed by atoms with Gasteiger partial charge in [-0.15, -0.1) is 0 Å². The summed E-state index contributed by atoms with van der Waals surface area (Å²) in [6.07, 6.45) is 15.0. The molecule has 0 bridgehead atoms. The van der Waals surface area contributed by atoms with Crippen LogP contribution in [0.25, 0.3) is 21.8 Å². The van der Waals surface area contributed by atoms with E-state index in [9.17, 15) is 9.59 Å². The molecule has 0 atom stereocenters. The van der Waals surface area contributed by atoms with Crippen molar-refractivity contribution in [3.05, 3.63) is 47.5 Å². The maximum atomic E-state index is 11.2. The number of aromatic nitrogens is 1. The Labute approximate surface area is 174 Å². The number of hydrogen-bond donors (Lipinski definition) is 0. The summed E-state index contributed by atoms with van der Waals surface area (Å²) >= 11 is 0. The molecule has 1 aromatic heterocycles. The molecule has 2 aromatic carbocycles. The van der Waals surface area contributed by atoms with Gasteiger partial charge in [0, 0.05) is 39.5 Å². The number of benzene rings is 2. The van der Waals surface area contributed by atoms with Crippen LogP contribution >= 0.6 is 0 Å². The Kier molecular flexibility index (Phi) is 8.03. The van der Waals surface area contributed by atoms with Crippen LogP contribution in [0, 0.1) is 0 Å². The van der Waals surface area contributed by atoms with E-state index >= 15 is 0 Å². The third-order valence-corrected chi connectivity index (χ3v) is 5.92. The van der Waals surface area contributed by atoms with Gasteiger partial charge in [-0.25, -0.2) is 0 Å². The van der Waals surface area contributed by atoms with Gasteiger partial charge < -0.3 is 4.57 Å². The van der Waals surface area contributed by atoms with Crippen LogP contribution in [0.1, 0.15) is 91.8 Å². The van der Waals surface area contributed by atoms with E-state index in [0.717, 1.165) is 47.3 Å². The van der Waals surface area contributed by atoms with E-state index in [4.69, 9.17) is 0 Å².